The van der Waals surface area contributed by atoms with Gasteiger partial charge in [0.15, 0.2) is 0 Å². The number of likely N-dealkylation sites (N-methyl/N-ethyl adjacent to an activating group) is 1. The molecule has 6 nitrogen and oxygen atoms in total. The maximum absolute atomic E-state index is 12.0. The Kier molecular flexibility index (Phi) is 6.54. The zero-order valence-corrected chi connectivity index (χ0v) is 12.1. The van der Waals surface area contributed by atoms with Gasteiger partial charge in [0, 0.05) is 39.8 Å². The highest BCUT2D eigenvalue weighted by molar-refractivity contribution is 5.86. The lowest BCUT2D eigenvalue weighted by atomic mass is 10.1. The Morgan fingerprint density at radius 3 is 2.63 bits per heavy atom. The number of amides is 2. The number of hydrogen-bond donors (Lipinski definition) is 1. The number of nitrogens with zero attached hydrogens (tertiary/aromatic N) is 2. The molecule has 2 saturated heterocycles. The molecule has 2 heterocycles. The van der Waals surface area contributed by atoms with Gasteiger partial charge < -0.3 is 19.9 Å². The van der Waals surface area contributed by atoms with Crippen LogP contribution in [0, 0.1) is 5.92 Å². The van der Waals surface area contributed by atoms with Gasteiger partial charge in [0.1, 0.15) is 0 Å². The van der Waals surface area contributed by atoms with Crippen LogP contribution in [-0.4, -0.2) is 74.6 Å². The van der Waals surface area contributed by atoms with Crippen molar-refractivity contribution in [3.63, 3.8) is 0 Å². The summed E-state index contributed by atoms with van der Waals surface area (Å²) in [5.41, 5.74) is 0. The highest BCUT2D eigenvalue weighted by atomic mass is 35.5. The van der Waals surface area contributed by atoms with Crippen LogP contribution in [0.3, 0.4) is 0 Å². The molecule has 2 rings (SSSR count). The predicted octanol–water partition coefficient (Wildman–Crippen LogP) is -0.665. The summed E-state index contributed by atoms with van der Waals surface area (Å²) in [7, 11) is 1.70. The first-order valence-corrected chi connectivity index (χ1v) is 6.49. The molecule has 0 spiro atoms. The Hall–Kier alpha value is -0.850. The zero-order valence-electron chi connectivity index (χ0n) is 11.3. The van der Waals surface area contributed by atoms with Crippen molar-refractivity contribution >= 4 is 24.2 Å². The lowest BCUT2D eigenvalue weighted by Gasteiger charge is -2.29. The molecule has 1 unspecified atom stereocenters. The van der Waals surface area contributed by atoms with Crippen LogP contribution in [0.25, 0.3) is 0 Å². The summed E-state index contributed by atoms with van der Waals surface area (Å²) in [6, 6.07) is 0. The van der Waals surface area contributed by atoms with Gasteiger partial charge in [-0.15, -0.1) is 12.4 Å². The maximum Gasteiger partial charge on any atom is 0.242 e. The second kappa shape index (κ2) is 7.67. The van der Waals surface area contributed by atoms with Crippen molar-refractivity contribution in [3.05, 3.63) is 0 Å². The van der Waals surface area contributed by atoms with Crippen LogP contribution >= 0.6 is 12.4 Å². The van der Waals surface area contributed by atoms with E-state index in [4.69, 9.17) is 4.74 Å². The molecule has 0 aliphatic carbocycles. The van der Waals surface area contributed by atoms with Gasteiger partial charge in [-0.3, -0.25) is 9.59 Å². The van der Waals surface area contributed by atoms with Crippen molar-refractivity contribution in [2.24, 2.45) is 5.92 Å². The Morgan fingerprint density at radius 1 is 1.37 bits per heavy atom. The molecule has 0 saturated carbocycles. The van der Waals surface area contributed by atoms with Crippen LogP contribution in [0.1, 0.15) is 6.42 Å². The number of carbonyl (C=O) groups is 2. The summed E-state index contributed by atoms with van der Waals surface area (Å²) in [4.78, 5) is 27.4. The fourth-order valence-corrected chi connectivity index (χ4v) is 2.34. The van der Waals surface area contributed by atoms with Crippen molar-refractivity contribution in [1.82, 2.24) is 15.1 Å². The van der Waals surface area contributed by atoms with Crippen molar-refractivity contribution in [2.75, 3.05) is 53.0 Å². The van der Waals surface area contributed by atoms with E-state index in [2.05, 4.69) is 5.32 Å². The number of rotatable bonds is 3. The summed E-state index contributed by atoms with van der Waals surface area (Å²) in [6.45, 7) is 4.44. The van der Waals surface area contributed by atoms with E-state index in [1.54, 1.807) is 7.05 Å². The van der Waals surface area contributed by atoms with Gasteiger partial charge in [0.2, 0.25) is 11.8 Å². The maximum atomic E-state index is 12.0. The molecular weight excluding hydrogens is 270 g/mol. The van der Waals surface area contributed by atoms with E-state index < -0.39 is 0 Å². The summed E-state index contributed by atoms with van der Waals surface area (Å²) >= 11 is 0. The average molecular weight is 292 g/mol. The third-order valence-electron chi connectivity index (χ3n) is 3.50. The van der Waals surface area contributed by atoms with Gasteiger partial charge in [0.25, 0.3) is 0 Å². The highest BCUT2D eigenvalue weighted by Crippen LogP contribution is 2.14. The van der Waals surface area contributed by atoms with E-state index in [9.17, 15) is 9.59 Å². The first-order valence-electron chi connectivity index (χ1n) is 6.49. The van der Waals surface area contributed by atoms with E-state index in [0.717, 1.165) is 32.6 Å². The van der Waals surface area contributed by atoms with Crippen LogP contribution in [0.4, 0.5) is 0 Å². The lowest BCUT2D eigenvalue weighted by molar-refractivity contribution is -0.142. The summed E-state index contributed by atoms with van der Waals surface area (Å²) < 4.78 is 5.20. The molecule has 2 aliphatic rings. The molecule has 2 amide bonds. The predicted molar refractivity (Wildman–Crippen MR) is 73.3 cm³/mol. The van der Waals surface area contributed by atoms with Gasteiger partial charge in [0.05, 0.1) is 19.1 Å². The minimum Gasteiger partial charge on any atom is -0.381 e. The number of nitrogens with one attached hydrogen (secondary N) is 1. The molecule has 2 aliphatic heterocycles. The van der Waals surface area contributed by atoms with Crippen LogP contribution in [0.15, 0.2) is 0 Å². The Morgan fingerprint density at radius 2 is 2.05 bits per heavy atom. The standard InChI is InChI=1S/C12H21N3O3.ClH/c1-14(12(17)10-2-7-18-9-10)8-11(16)15-5-3-13-4-6-15;/h10,13H,2-9H2,1H3;1H. The number of carbonyl (C=O) groups excluding carboxylic acids is 2. The highest BCUT2D eigenvalue weighted by Gasteiger charge is 2.28. The van der Waals surface area contributed by atoms with Crippen molar-refractivity contribution in [1.29, 1.82) is 0 Å². The monoisotopic (exact) mass is 291 g/mol. The van der Waals surface area contributed by atoms with Gasteiger partial charge in [-0.2, -0.15) is 0 Å². The zero-order chi connectivity index (χ0) is 13.0. The number of hydrogen-bond acceptors (Lipinski definition) is 4. The molecule has 0 bridgehead atoms. The quantitative estimate of drug-likeness (QED) is 0.750. The molecule has 110 valence electrons. The van der Waals surface area contributed by atoms with Gasteiger partial charge in [-0.05, 0) is 6.42 Å². The Bertz CT molecular complexity index is 315. The number of halogens is 1. The smallest absolute Gasteiger partial charge is 0.242 e. The van der Waals surface area contributed by atoms with Crippen molar-refractivity contribution in [2.45, 2.75) is 6.42 Å². The summed E-state index contributed by atoms with van der Waals surface area (Å²) in [5, 5.41) is 3.20. The van der Waals surface area contributed by atoms with Crippen LogP contribution in [0.5, 0.6) is 0 Å². The fraction of sp³-hybridized carbons (Fsp3) is 0.833. The van der Waals surface area contributed by atoms with E-state index >= 15 is 0 Å². The summed E-state index contributed by atoms with van der Waals surface area (Å²) in [5.74, 6) is -0.00641. The molecule has 0 aromatic rings. The largest absolute Gasteiger partial charge is 0.381 e. The van der Waals surface area contributed by atoms with Crippen molar-refractivity contribution in [3.8, 4) is 0 Å². The van der Waals surface area contributed by atoms with Crippen molar-refractivity contribution < 1.29 is 14.3 Å². The Labute approximate surface area is 119 Å². The number of piperazine rings is 1. The third-order valence-corrected chi connectivity index (χ3v) is 3.50. The van der Waals surface area contributed by atoms with Gasteiger partial charge >= 0.3 is 0 Å². The second-order valence-corrected chi connectivity index (χ2v) is 4.89. The van der Waals surface area contributed by atoms with E-state index in [-0.39, 0.29) is 36.7 Å². The molecule has 1 atom stereocenters. The normalized spacial score (nSPS) is 22.8. The number of ether oxygens (including phenoxy) is 1. The molecule has 0 radical (unpaired) electrons. The van der Waals surface area contributed by atoms with Crippen LogP contribution in [-0.2, 0) is 14.3 Å². The fourth-order valence-electron chi connectivity index (χ4n) is 2.34. The SMILES string of the molecule is CN(CC(=O)N1CCNCC1)C(=O)C1CCOC1.Cl. The molecule has 19 heavy (non-hydrogen) atoms. The van der Waals surface area contributed by atoms with E-state index in [0.29, 0.717) is 13.2 Å². The minimum atomic E-state index is -0.0641. The first-order chi connectivity index (χ1) is 8.68. The molecule has 0 aromatic carbocycles. The van der Waals surface area contributed by atoms with Crippen LogP contribution in [0.2, 0.25) is 0 Å². The minimum absolute atomic E-state index is 0. The summed E-state index contributed by atoms with van der Waals surface area (Å²) in [6.07, 6.45) is 0.769. The second-order valence-electron chi connectivity index (χ2n) is 4.89. The first kappa shape index (κ1) is 16.2. The Balaban J connectivity index is 0.00000180. The van der Waals surface area contributed by atoms with Crippen LogP contribution < -0.4 is 5.32 Å². The van der Waals surface area contributed by atoms with Gasteiger partial charge in [-0.1, -0.05) is 0 Å². The van der Waals surface area contributed by atoms with Gasteiger partial charge in [-0.25, -0.2) is 0 Å². The van der Waals surface area contributed by atoms with E-state index in [1.807, 2.05) is 4.90 Å². The lowest BCUT2D eigenvalue weighted by Crippen LogP contribution is -2.50. The molecule has 7 heteroatoms. The molecule has 2 fully saturated rings. The molecular formula is C12H22ClN3O3. The average Bonchev–Trinajstić information content (AvgIpc) is 2.92. The molecule has 0 aromatic heterocycles. The third kappa shape index (κ3) is 4.33. The topological polar surface area (TPSA) is 61.9 Å². The molecule has 1 N–H and O–H groups in total. The van der Waals surface area contributed by atoms with E-state index in [1.165, 1.54) is 4.90 Å².